The van der Waals surface area contributed by atoms with Crippen LogP contribution in [0.25, 0.3) is 49.7 Å². The van der Waals surface area contributed by atoms with Crippen LogP contribution in [-0.2, 0) is 7.05 Å². The molecule has 6 aromatic rings. The van der Waals surface area contributed by atoms with E-state index in [-0.39, 0.29) is 0 Å². The number of aryl methyl sites for hydroxylation is 3. The van der Waals surface area contributed by atoms with E-state index in [0.29, 0.717) is 6.04 Å². The Balaban J connectivity index is 1.82. The van der Waals surface area contributed by atoms with E-state index in [9.17, 15) is 0 Å². The van der Waals surface area contributed by atoms with Crippen molar-refractivity contribution in [2.24, 2.45) is 7.05 Å². The highest BCUT2D eigenvalue weighted by molar-refractivity contribution is 6.10. The van der Waals surface area contributed by atoms with Gasteiger partial charge in [0.1, 0.15) is 7.05 Å². The van der Waals surface area contributed by atoms with Crippen molar-refractivity contribution >= 4 is 32.7 Å². The van der Waals surface area contributed by atoms with Gasteiger partial charge in [-0.05, 0) is 56.2 Å². The number of rotatable bonds is 2. The first-order chi connectivity index (χ1) is 16.5. The average molecular weight is 429 g/mol. The van der Waals surface area contributed by atoms with Gasteiger partial charge < -0.3 is 4.57 Å². The van der Waals surface area contributed by atoms with E-state index in [4.69, 9.17) is 1.37 Å². The number of fused-ring (bicyclic) bond motifs is 4. The van der Waals surface area contributed by atoms with Gasteiger partial charge in [-0.2, -0.15) is 4.57 Å². The van der Waals surface area contributed by atoms with Gasteiger partial charge in [0.15, 0.2) is 0 Å². The molecule has 0 saturated carbocycles. The number of para-hydroxylation sites is 3. The third-order valence-electron chi connectivity index (χ3n) is 6.99. The van der Waals surface area contributed by atoms with Gasteiger partial charge in [-0.25, -0.2) is 0 Å². The molecule has 0 atom stereocenters. The SMILES string of the molecule is [2H]c1cccc2c1c1ccccc1n2-c1cc(-c2cc(C)cc(C)c2C)[n+](C)c2ccccc12. The molecule has 0 N–H and O–H groups in total. The van der Waals surface area contributed by atoms with Gasteiger partial charge in [0, 0.05) is 28.5 Å². The summed E-state index contributed by atoms with van der Waals surface area (Å²) in [7, 11) is 2.16. The van der Waals surface area contributed by atoms with Crippen molar-refractivity contribution in [3.05, 3.63) is 108 Å². The molecule has 33 heavy (non-hydrogen) atoms. The Labute approximate surface area is 195 Å². The van der Waals surface area contributed by atoms with Crippen molar-refractivity contribution in [3.63, 3.8) is 0 Å². The number of benzene rings is 4. The zero-order valence-corrected chi connectivity index (χ0v) is 19.5. The van der Waals surface area contributed by atoms with Crippen molar-refractivity contribution in [3.8, 4) is 16.9 Å². The van der Waals surface area contributed by atoms with Gasteiger partial charge in [0.2, 0.25) is 11.2 Å². The van der Waals surface area contributed by atoms with E-state index in [0.717, 1.165) is 27.5 Å². The molecule has 0 aliphatic carbocycles. The van der Waals surface area contributed by atoms with Gasteiger partial charge in [-0.15, -0.1) is 0 Å². The summed E-state index contributed by atoms with van der Waals surface area (Å²) in [6.07, 6.45) is 0. The molecule has 2 nitrogen and oxygen atoms in total. The zero-order chi connectivity index (χ0) is 23.6. The van der Waals surface area contributed by atoms with Gasteiger partial charge in [-0.1, -0.05) is 60.1 Å². The quantitative estimate of drug-likeness (QED) is 0.255. The Morgan fingerprint density at radius 3 is 2.21 bits per heavy atom. The lowest BCUT2D eigenvalue weighted by molar-refractivity contribution is -0.633. The van der Waals surface area contributed by atoms with E-state index in [2.05, 4.69) is 110 Å². The Bertz CT molecular complexity index is 1760. The molecule has 4 aromatic carbocycles. The smallest absolute Gasteiger partial charge is 0.215 e. The lowest BCUT2D eigenvalue weighted by atomic mass is 9.96. The molecule has 0 amide bonds. The van der Waals surface area contributed by atoms with Gasteiger partial charge in [0.25, 0.3) is 0 Å². The maximum Gasteiger partial charge on any atom is 0.215 e. The monoisotopic (exact) mass is 428 g/mol. The standard InChI is InChI=1S/C31H27N2/c1-20-17-21(2)22(3)26(18-20)30-19-31(25-13-7-8-14-27(25)32(30)4)33-28-15-9-5-11-23(28)24-12-6-10-16-29(24)33/h5-19H,1-4H3/q+1/i11D. The summed E-state index contributed by atoms with van der Waals surface area (Å²) in [6.45, 7) is 6.57. The van der Waals surface area contributed by atoms with Gasteiger partial charge >= 0.3 is 0 Å². The fraction of sp³-hybridized carbons (Fsp3) is 0.129. The van der Waals surface area contributed by atoms with Gasteiger partial charge in [0.05, 0.1) is 23.5 Å². The lowest BCUT2D eigenvalue weighted by Gasteiger charge is -2.15. The first-order valence-corrected chi connectivity index (χ1v) is 11.4. The summed E-state index contributed by atoms with van der Waals surface area (Å²) in [4.78, 5) is 0. The second-order valence-corrected chi connectivity index (χ2v) is 9.03. The molecule has 0 radical (unpaired) electrons. The first-order valence-electron chi connectivity index (χ1n) is 11.9. The third kappa shape index (κ3) is 2.91. The van der Waals surface area contributed by atoms with Crippen molar-refractivity contribution in [2.75, 3.05) is 0 Å². The minimum absolute atomic E-state index is 0.559. The molecule has 0 aliphatic rings. The zero-order valence-electron chi connectivity index (χ0n) is 20.5. The van der Waals surface area contributed by atoms with Crippen LogP contribution in [0.1, 0.15) is 18.1 Å². The maximum atomic E-state index is 8.65. The van der Waals surface area contributed by atoms with E-state index < -0.39 is 0 Å². The molecular formula is C31H27N2+. The fourth-order valence-electron chi connectivity index (χ4n) is 5.27. The highest BCUT2D eigenvalue weighted by Crippen LogP contribution is 2.36. The Hall–Kier alpha value is -3.91. The molecule has 0 fully saturated rings. The normalized spacial score (nSPS) is 12.1. The second-order valence-electron chi connectivity index (χ2n) is 9.03. The largest absolute Gasteiger partial charge is 0.308 e. The van der Waals surface area contributed by atoms with Crippen LogP contribution in [0, 0.1) is 20.8 Å². The number of hydrogen-bond acceptors (Lipinski definition) is 0. The van der Waals surface area contributed by atoms with E-state index in [1.54, 1.807) is 0 Å². The topological polar surface area (TPSA) is 8.81 Å². The molecular weight excluding hydrogens is 400 g/mol. The summed E-state index contributed by atoms with van der Waals surface area (Å²) in [5, 5.41) is 3.30. The van der Waals surface area contributed by atoms with Crippen LogP contribution in [0.5, 0.6) is 0 Å². The molecule has 0 aliphatic heterocycles. The summed E-state index contributed by atoms with van der Waals surface area (Å²) >= 11 is 0. The summed E-state index contributed by atoms with van der Waals surface area (Å²) in [6, 6.07) is 30.5. The van der Waals surface area contributed by atoms with Crippen LogP contribution >= 0.6 is 0 Å². The number of aromatic nitrogens is 2. The van der Waals surface area contributed by atoms with Crippen molar-refractivity contribution < 1.29 is 5.94 Å². The Morgan fingerprint density at radius 1 is 0.727 bits per heavy atom. The minimum atomic E-state index is 0.559. The van der Waals surface area contributed by atoms with E-state index >= 15 is 0 Å². The lowest BCUT2D eigenvalue weighted by Crippen LogP contribution is -2.33. The molecule has 2 aromatic heterocycles. The van der Waals surface area contributed by atoms with Crippen molar-refractivity contribution in [1.82, 2.24) is 4.57 Å². The number of pyridine rings is 1. The Morgan fingerprint density at radius 2 is 1.39 bits per heavy atom. The van der Waals surface area contributed by atoms with Crippen LogP contribution < -0.4 is 4.57 Å². The second kappa shape index (κ2) is 7.31. The molecule has 6 rings (SSSR count). The van der Waals surface area contributed by atoms with Crippen molar-refractivity contribution in [1.29, 1.82) is 0 Å². The van der Waals surface area contributed by atoms with Gasteiger partial charge in [-0.3, -0.25) is 0 Å². The van der Waals surface area contributed by atoms with E-state index in [1.165, 1.54) is 38.9 Å². The fourth-order valence-corrected chi connectivity index (χ4v) is 5.27. The molecule has 2 heterocycles. The molecule has 0 bridgehead atoms. The van der Waals surface area contributed by atoms with Crippen LogP contribution in [0.15, 0.2) is 91.0 Å². The summed E-state index contributed by atoms with van der Waals surface area (Å²) < 4.78 is 13.3. The molecule has 0 unspecified atom stereocenters. The number of hydrogen-bond donors (Lipinski definition) is 0. The first kappa shape index (κ1) is 18.6. The van der Waals surface area contributed by atoms with E-state index in [1.807, 2.05) is 12.1 Å². The van der Waals surface area contributed by atoms with Crippen molar-refractivity contribution in [2.45, 2.75) is 20.8 Å². The molecule has 0 saturated heterocycles. The van der Waals surface area contributed by atoms with Crippen LogP contribution in [-0.4, -0.2) is 4.57 Å². The predicted octanol–water partition coefficient (Wildman–Crippen LogP) is 7.35. The molecule has 0 spiro atoms. The predicted molar refractivity (Wildman–Crippen MR) is 139 cm³/mol. The Kier molecular flexibility index (Phi) is 4.13. The average Bonchev–Trinajstić information content (AvgIpc) is 3.17. The summed E-state index contributed by atoms with van der Waals surface area (Å²) in [5.41, 5.74) is 10.8. The van der Waals surface area contributed by atoms with Crippen LogP contribution in [0.3, 0.4) is 0 Å². The molecule has 2 heteroatoms. The highest BCUT2D eigenvalue weighted by Gasteiger charge is 2.23. The highest BCUT2D eigenvalue weighted by atomic mass is 15.0. The summed E-state index contributed by atoms with van der Waals surface area (Å²) in [5.74, 6) is 0. The molecule has 160 valence electrons. The number of nitrogens with zero attached hydrogens (tertiary/aromatic N) is 2. The minimum Gasteiger partial charge on any atom is -0.308 e. The van der Waals surface area contributed by atoms with Crippen LogP contribution in [0.2, 0.25) is 0 Å². The third-order valence-corrected chi connectivity index (χ3v) is 6.99. The van der Waals surface area contributed by atoms with Crippen LogP contribution in [0.4, 0.5) is 0 Å². The maximum absolute atomic E-state index is 8.65.